The second kappa shape index (κ2) is 6.07. The first-order chi connectivity index (χ1) is 8.95. The predicted molar refractivity (Wildman–Crippen MR) is 83.0 cm³/mol. The fourth-order valence-electron chi connectivity index (χ4n) is 1.76. The van der Waals surface area contributed by atoms with Gasteiger partial charge in [-0.1, -0.05) is 29.3 Å². The molecule has 0 aliphatic rings. The largest absolute Gasteiger partial charge is 0.363 e. The fraction of sp³-hybridized carbons (Fsp3) is 0.231. The van der Waals surface area contributed by atoms with Crippen LogP contribution < -0.4 is 5.32 Å². The maximum atomic E-state index is 6.19. The Morgan fingerprint density at radius 3 is 2.58 bits per heavy atom. The normalized spacial score (nSPS) is 12.3. The Bertz CT molecular complexity index is 584. The zero-order valence-electron chi connectivity index (χ0n) is 10.4. The van der Waals surface area contributed by atoms with Gasteiger partial charge in [-0.15, -0.1) is 0 Å². The highest BCUT2D eigenvalue weighted by molar-refractivity contribution is 9.10. The Labute approximate surface area is 130 Å². The van der Waals surface area contributed by atoms with E-state index in [9.17, 15) is 0 Å². The molecule has 0 aliphatic carbocycles. The quantitative estimate of drug-likeness (QED) is 0.780. The van der Waals surface area contributed by atoms with Crippen molar-refractivity contribution >= 4 is 44.9 Å². The summed E-state index contributed by atoms with van der Waals surface area (Å²) in [4.78, 5) is 8.49. The van der Waals surface area contributed by atoms with Gasteiger partial charge in [-0.05, 0) is 47.5 Å². The van der Waals surface area contributed by atoms with Crippen molar-refractivity contribution in [3.05, 3.63) is 50.3 Å². The van der Waals surface area contributed by atoms with Crippen molar-refractivity contribution in [1.29, 1.82) is 0 Å². The predicted octanol–water partition coefficient (Wildman–Crippen LogP) is 5.03. The van der Waals surface area contributed by atoms with E-state index in [-0.39, 0.29) is 6.04 Å². The Balaban J connectivity index is 2.22. The van der Waals surface area contributed by atoms with E-state index < -0.39 is 0 Å². The third-order valence-corrected chi connectivity index (χ3v) is 3.57. The monoisotopic (exact) mass is 359 g/mol. The highest BCUT2D eigenvalue weighted by atomic mass is 79.9. The molecular weight excluding hydrogens is 349 g/mol. The Morgan fingerprint density at radius 2 is 1.95 bits per heavy atom. The Hall–Kier alpha value is -0.840. The number of nitrogens with zero attached hydrogens (tertiary/aromatic N) is 2. The minimum Gasteiger partial charge on any atom is -0.363 e. The third-order valence-electron chi connectivity index (χ3n) is 2.60. The van der Waals surface area contributed by atoms with E-state index in [0.717, 1.165) is 16.0 Å². The molecule has 0 fully saturated rings. The molecule has 1 aromatic heterocycles. The number of benzene rings is 1. The molecule has 3 nitrogen and oxygen atoms in total. The zero-order chi connectivity index (χ0) is 14.0. The fourth-order valence-corrected chi connectivity index (χ4v) is 2.80. The Morgan fingerprint density at radius 1 is 1.21 bits per heavy atom. The van der Waals surface area contributed by atoms with Crippen molar-refractivity contribution in [2.75, 3.05) is 5.32 Å². The summed E-state index contributed by atoms with van der Waals surface area (Å²) in [5.41, 5.74) is 0.971. The van der Waals surface area contributed by atoms with E-state index in [0.29, 0.717) is 15.9 Å². The highest BCUT2D eigenvalue weighted by Crippen LogP contribution is 2.28. The van der Waals surface area contributed by atoms with Gasteiger partial charge in [-0.2, -0.15) is 0 Å². The summed E-state index contributed by atoms with van der Waals surface area (Å²) in [6.45, 7) is 3.86. The topological polar surface area (TPSA) is 37.8 Å². The molecule has 0 saturated heterocycles. The average molecular weight is 361 g/mol. The number of anilines is 1. The number of aryl methyl sites for hydroxylation is 1. The standard InChI is InChI=1S/C13H12BrCl2N3/c1-7(10-4-3-9(15)5-11(10)16)17-13-6-12(14)18-8(2)19-13/h3-7H,1-2H3,(H,17,18,19). The number of aromatic nitrogens is 2. The van der Waals surface area contributed by atoms with Crippen LogP contribution in [0.4, 0.5) is 5.82 Å². The van der Waals surface area contributed by atoms with E-state index in [2.05, 4.69) is 31.2 Å². The molecule has 0 amide bonds. The van der Waals surface area contributed by atoms with Crippen LogP contribution >= 0.6 is 39.1 Å². The molecule has 1 heterocycles. The van der Waals surface area contributed by atoms with Crippen LogP contribution in [0, 0.1) is 6.92 Å². The van der Waals surface area contributed by atoms with Gasteiger partial charge in [0, 0.05) is 16.1 Å². The minimum absolute atomic E-state index is 0.0194. The van der Waals surface area contributed by atoms with Gasteiger partial charge >= 0.3 is 0 Å². The number of hydrogen-bond donors (Lipinski definition) is 1. The van der Waals surface area contributed by atoms with E-state index in [4.69, 9.17) is 23.2 Å². The summed E-state index contributed by atoms with van der Waals surface area (Å²) in [6.07, 6.45) is 0. The van der Waals surface area contributed by atoms with Crippen molar-refractivity contribution in [2.45, 2.75) is 19.9 Å². The average Bonchev–Trinajstić information content (AvgIpc) is 2.26. The van der Waals surface area contributed by atoms with Crippen LogP contribution in [0.2, 0.25) is 10.0 Å². The first kappa shape index (κ1) is 14.6. The van der Waals surface area contributed by atoms with Crippen LogP contribution in [0.25, 0.3) is 0 Å². The smallest absolute Gasteiger partial charge is 0.131 e. The van der Waals surface area contributed by atoms with E-state index in [1.54, 1.807) is 6.07 Å². The molecule has 1 N–H and O–H groups in total. The molecule has 0 bridgehead atoms. The molecule has 0 saturated carbocycles. The molecular formula is C13H12BrCl2N3. The van der Waals surface area contributed by atoms with Crippen molar-refractivity contribution in [3.8, 4) is 0 Å². The van der Waals surface area contributed by atoms with Crippen molar-refractivity contribution in [2.24, 2.45) is 0 Å². The van der Waals surface area contributed by atoms with Crippen molar-refractivity contribution in [1.82, 2.24) is 9.97 Å². The second-order valence-electron chi connectivity index (χ2n) is 4.15. The van der Waals surface area contributed by atoms with Gasteiger partial charge in [-0.3, -0.25) is 0 Å². The molecule has 2 rings (SSSR count). The first-order valence-corrected chi connectivity index (χ1v) is 7.23. The lowest BCUT2D eigenvalue weighted by Crippen LogP contribution is -2.09. The van der Waals surface area contributed by atoms with Gasteiger partial charge in [-0.25, -0.2) is 9.97 Å². The third kappa shape index (κ3) is 3.81. The molecule has 1 aromatic carbocycles. The lowest BCUT2D eigenvalue weighted by atomic mass is 10.1. The van der Waals surface area contributed by atoms with Gasteiger partial charge < -0.3 is 5.32 Å². The van der Waals surface area contributed by atoms with E-state index in [1.165, 1.54) is 0 Å². The summed E-state index contributed by atoms with van der Waals surface area (Å²) in [6, 6.07) is 7.31. The molecule has 1 atom stereocenters. The number of rotatable bonds is 3. The highest BCUT2D eigenvalue weighted by Gasteiger charge is 2.11. The van der Waals surface area contributed by atoms with Crippen LogP contribution in [-0.4, -0.2) is 9.97 Å². The lowest BCUT2D eigenvalue weighted by Gasteiger charge is -2.16. The molecule has 19 heavy (non-hydrogen) atoms. The minimum atomic E-state index is 0.0194. The molecule has 2 aromatic rings. The van der Waals surface area contributed by atoms with Crippen LogP contribution in [0.5, 0.6) is 0 Å². The van der Waals surface area contributed by atoms with E-state index in [1.807, 2.05) is 32.0 Å². The van der Waals surface area contributed by atoms with Gasteiger partial charge in [0.05, 0.1) is 6.04 Å². The summed E-state index contributed by atoms with van der Waals surface area (Å²) in [5.74, 6) is 1.45. The van der Waals surface area contributed by atoms with Gasteiger partial charge in [0.2, 0.25) is 0 Å². The summed E-state index contributed by atoms with van der Waals surface area (Å²) >= 11 is 15.4. The molecule has 0 spiro atoms. The van der Waals surface area contributed by atoms with E-state index >= 15 is 0 Å². The summed E-state index contributed by atoms with van der Waals surface area (Å²) in [5, 5.41) is 4.55. The number of hydrogen-bond acceptors (Lipinski definition) is 3. The lowest BCUT2D eigenvalue weighted by molar-refractivity contribution is 0.865. The van der Waals surface area contributed by atoms with Crippen LogP contribution in [0.3, 0.4) is 0 Å². The molecule has 0 radical (unpaired) electrons. The Kier molecular flexibility index (Phi) is 4.66. The van der Waals surface area contributed by atoms with Crippen LogP contribution in [0.15, 0.2) is 28.9 Å². The maximum absolute atomic E-state index is 6.19. The molecule has 0 aliphatic heterocycles. The van der Waals surface area contributed by atoms with Gasteiger partial charge in [0.1, 0.15) is 16.2 Å². The second-order valence-corrected chi connectivity index (χ2v) is 5.81. The van der Waals surface area contributed by atoms with Crippen LogP contribution in [0.1, 0.15) is 24.4 Å². The van der Waals surface area contributed by atoms with Gasteiger partial charge in [0.25, 0.3) is 0 Å². The molecule has 100 valence electrons. The zero-order valence-corrected chi connectivity index (χ0v) is 13.5. The number of nitrogens with one attached hydrogen (secondary N) is 1. The number of halogens is 3. The molecule has 6 heteroatoms. The summed E-state index contributed by atoms with van der Waals surface area (Å²) in [7, 11) is 0. The van der Waals surface area contributed by atoms with Crippen molar-refractivity contribution < 1.29 is 0 Å². The summed E-state index contributed by atoms with van der Waals surface area (Å²) < 4.78 is 0.747. The molecule has 1 unspecified atom stereocenters. The SMILES string of the molecule is Cc1nc(Br)cc(NC(C)c2ccc(Cl)cc2Cl)n1. The maximum Gasteiger partial charge on any atom is 0.131 e. The first-order valence-electron chi connectivity index (χ1n) is 5.68. The van der Waals surface area contributed by atoms with Crippen LogP contribution in [-0.2, 0) is 0 Å². The van der Waals surface area contributed by atoms with Crippen molar-refractivity contribution in [3.63, 3.8) is 0 Å². The van der Waals surface area contributed by atoms with Gasteiger partial charge in [0.15, 0.2) is 0 Å².